The van der Waals surface area contributed by atoms with E-state index in [0.29, 0.717) is 30.0 Å². The first-order valence-electron chi connectivity index (χ1n) is 12.5. The van der Waals surface area contributed by atoms with Crippen LogP contribution in [-0.2, 0) is 16.1 Å². The van der Waals surface area contributed by atoms with Gasteiger partial charge in [0.1, 0.15) is 0 Å². The van der Waals surface area contributed by atoms with Crippen LogP contribution in [0.15, 0.2) is 28.8 Å². The van der Waals surface area contributed by atoms with Crippen LogP contribution in [0.2, 0.25) is 0 Å². The molecule has 0 atom stereocenters. The summed E-state index contributed by atoms with van der Waals surface area (Å²) in [7, 11) is 18.1. The maximum Gasteiger partial charge on any atom is 0.272 e. The molecule has 3 aromatic rings. The summed E-state index contributed by atoms with van der Waals surface area (Å²) in [5.41, 5.74) is 0.844. The highest BCUT2D eigenvalue weighted by molar-refractivity contribution is 6.60. The lowest BCUT2D eigenvalue weighted by Gasteiger charge is -2.23. The number of amides is 3. The fourth-order valence-corrected chi connectivity index (χ4v) is 4.18. The third-order valence-corrected chi connectivity index (χ3v) is 6.23. The van der Waals surface area contributed by atoms with E-state index in [2.05, 4.69) is 36.3 Å². The molecule has 2 aromatic heterocycles. The van der Waals surface area contributed by atoms with E-state index in [1.54, 1.807) is 23.1 Å². The van der Waals surface area contributed by atoms with Gasteiger partial charge in [-0.15, -0.1) is 10.2 Å². The maximum absolute atomic E-state index is 12.9. The molecular weight excluding hydrogens is 513 g/mol. The van der Waals surface area contributed by atoms with E-state index in [-0.39, 0.29) is 53.2 Å². The summed E-state index contributed by atoms with van der Waals surface area (Å²) in [6, 6.07) is 6.58. The Labute approximate surface area is 233 Å². The van der Waals surface area contributed by atoms with Crippen LogP contribution in [0.1, 0.15) is 42.1 Å². The molecule has 3 heterocycles. The standard InChI is InChI=1S/C24H23B3N8O5/c1-39-20-13(21-30-17(40-34-21)11-35-9-3-6-18(35)36)4-2-5-14(20)28-15-10-16(29-22(37)12-7-8-12)32-33-19(15)23(38)31-24(25,26)27/h2,4-5,10,12H,3,6-9,11H2,1H3,(H,31,38)(H2,28,29,32,37). The largest absolute Gasteiger partial charge is 0.494 e. The number of carbonyl (C=O) groups excluding carboxylic acids is 3. The van der Waals surface area contributed by atoms with E-state index in [1.165, 1.54) is 13.2 Å². The monoisotopic (exact) mass is 536 g/mol. The SMILES string of the molecule is [B]C([B])([B])NC(=O)c1nnc(NC(=O)C2CC2)cc1Nc1cccc(-c2noc(CN3CCCC3=O)n2)c1OC. The number of ether oxygens (including phenoxy) is 1. The smallest absolute Gasteiger partial charge is 0.272 e. The number of nitrogens with one attached hydrogen (secondary N) is 3. The minimum absolute atomic E-state index is 0.0400. The molecule has 0 bridgehead atoms. The van der Waals surface area contributed by atoms with E-state index in [9.17, 15) is 14.4 Å². The lowest BCUT2D eigenvalue weighted by Crippen LogP contribution is -2.50. The number of aromatic nitrogens is 4. The molecule has 5 rings (SSSR count). The average molecular weight is 536 g/mol. The third kappa shape index (κ3) is 6.27. The van der Waals surface area contributed by atoms with E-state index < -0.39 is 11.1 Å². The highest BCUT2D eigenvalue weighted by Crippen LogP contribution is 2.37. The molecule has 13 nitrogen and oxygen atoms in total. The minimum atomic E-state index is -2.01. The van der Waals surface area contributed by atoms with Crippen molar-refractivity contribution in [1.82, 2.24) is 30.6 Å². The van der Waals surface area contributed by atoms with Gasteiger partial charge in [-0.05, 0) is 31.4 Å². The van der Waals surface area contributed by atoms with Crippen LogP contribution < -0.4 is 20.7 Å². The number of methoxy groups -OCH3 is 1. The van der Waals surface area contributed by atoms with E-state index in [4.69, 9.17) is 32.8 Å². The van der Waals surface area contributed by atoms with Crippen LogP contribution >= 0.6 is 0 Å². The molecule has 0 spiro atoms. The molecular formula is C24H23B3N8O5. The third-order valence-electron chi connectivity index (χ3n) is 6.23. The second-order valence-electron chi connectivity index (χ2n) is 9.58. The first-order chi connectivity index (χ1) is 19.1. The summed E-state index contributed by atoms with van der Waals surface area (Å²) in [4.78, 5) is 43.2. The van der Waals surface area contributed by atoms with Gasteiger partial charge in [-0.1, -0.05) is 16.5 Å². The number of benzene rings is 1. The lowest BCUT2D eigenvalue weighted by atomic mass is 9.49. The summed E-state index contributed by atoms with van der Waals surface area (Å²) in [6.45, 7) is 0.853. The second-order valence-corrected chi connectivity index (χ2v) is 9.58. The van der Waals surface area contributed by atoms with Crippen molar-refractivity contribution in [1.29, 1.82) is 0 Å². The first-order valence-corrected chi connectivity index (χ1v) is 12.5. The molecule has 6 radical (unpaired) electrons. The Morgan fingerprint density at radius 1 is 1.20 bits per heavy atom. The Kier molecular flexibility index (Phi) is 7.50. The van der Waals surface area contributed by atoms with Crippen LogP contribution in [0.5, 0.6) is 5.75 Å². The molecule has 1 saturated heterocycles. The van der Waals surface area contributed by atoms with Crippen molar-refractivity contribution in [2.45, 2.75) is 37.5 Å². The topological polar surface area (TPSA) is 164 Å². The van der Waals surface area contributed by atoms with Crippen molar-refractivity contribution in [3.63, 3.8) is 0 Å². The second kappa shape index (κ2) is 11.0. The Hall–Kier alpha value is -4.36. The van der Waals surface area contributed by atoms with Gasteiger partial charge >= 0.3 is 0 Å². The molecule has 1 aliphatic carbocycles. The fourth-order valence-electron chi connectivity index (χ4n) is 4.18. The molecule has 1 saturated carbocycles. The van der Waals surface area contributed by atoms with Gasteiger partial charge in [-0.3, -0.25) is 14.4 Å². The van der Waals surface area contributed by atoms with Crippen LogP contribution in [0, 0.1) is 5.92 Å². The summed E-state index contributed by atoms with van der Waals surface area (Å²) in [6.07, 6.45) is 2.89. The predicted octanol–water partition coefficient (Wildman–Crippen LogP) is 0.596. The maximum atomic E-state index is 12.9. The molecule has 2 aliphatic rings. The quantitative estimate of drug-likeness (QED) is 0.313. The van der Waals surface area contributed by atoms with Crippen molar-refractivity contribution < 1.29 is 23.6 Å². The lowest BCUT2D eigenvalue weighted by molar-refractivity contribution is -0.128. The van der Waals surface area contributed by atoms with E-state index in [0.717, 1.165) is 19.3 Å². The van der Waals surface area contributed by atoms with Gasteiger partial charge in [0.2, 0.25) is 23.5 Å². The predicted molar refractivity (Wildman–Crippen MR) is 145 cm³/mol. The van der Waals surface area contributed by atoms with Crippen molar-refractivity contribution in [3.05, 3.63) is 35.9 Å². The van der Waals surface area contributed by atoms with Gasteiger partial charge in [0.05, 0.1) is 54.1 Å². The van der Waals surface area contributed by atoms with Crippen LogP contribution in [0.3, 0.4) is 0 Å². The van der Waals surface area contributed by atoms with Crippen LogP contribution in [-0.4, -0.2) is 85.4 Å². The highest BCUT2D eigenvalue weighted by atomic mass is 16.5. The van der Waals surface area contributed by atoms with E-state index >= 15 is 0 Å². The number of rotatable bonds is 10. The Morgan fingerprint density at radius 2 is 2.00 bits per heavy atom. The Bertz CT molecular complexity index is 1460. The number of carbonyl (C=O) groups is 3. The molecule has 1 aromatic carbocycles. The van der Waals surface area contributed by atoms with Crippen LogP contribution in [0.25, 0.3) is 11.4 Å². The van der Waals surface area contributed by atoms with Crippen LogP contribution in [0.4, 0.5) is 17.2 Å². The zero-order valence-corrected chi connectivity index (χ0v) is 21.6. The van der Waals surface area contributed by atoms with Crippen molar-refractivity contribution in [3.8, 4) is 17.1 Å². The molecule has 16 heteroatoms. The van der Waals surface area contributed by atoms with Gasteiger partial charge in [-0.2, -0.15) is 4.98 Å². The number of hydrogen-bond donors (Lipinski definition) is 3. The summed E-state index contributed by atoms with van der Waals surface area (Å²) < 4.78 is 11.0. The molecule has 1 aliphatic heterocycles. The van der Waals surface area contributed by atoms with Gasteiger partial charge in [0, 0.05) is 24.9 Å². The van der Waals surface area contributed by atoms with Gasteiger partial charge in [-0.25, -0.2) is 0 Å². The molecule has 198 valence electrons. The van der Waals surface area contributed by atoms with Crippen molar-refractivity contribution in [2.24, 2.45) is 5.92 Å². The van der Waals surface area contributed by atoms with Crippen molar-refractivity contribution in [2.75, 3.05) is 24.3 Å². The number of anilines is 3. The molecule has 0 unspecified atom stereocenters. The number of hydrogen-bond acceptors (Lipinski definition) is 10. The normalized spacial score (nSPS) is 15.1. The molecule has 40 heavy (non-hydrogen) atoms. The molecule has 2 fully saturated rings. The molecule has 3 N–H and O–H groups in total. The minimum Gasteiger partial charge on any atom is -0.494 e. The summed E-state index contributed by atoms with van der Waals surface area (Å²) in [5, 5.41) is 18.0. The zero-order valence-electron chi connectivity index (χ0n) is 21.6. The molecule has 3 amide bonds. The Morgan fingerprint density at radius 3 is 2.67 bits per heavy atom. The van der Waals surface area contributed by atoms with E-state index in [1.807, 2.05) is 0 Å². The highest BCUT2D eigenvalue weighted by Gasteiger charge is 2.30. The summed E-state index contributed by atoms with van der Waals surface area (Å²) in [5.74, 6) is -0.0544. The Balaban J connectivity index is 1.45. The average Bonchev–Trinajstić information content (AvgIpc) is 3.53. The fraction of sp³-hybridized carbons (Fsp3) is 0.375. The van der Waals surface area contributed by atoms with Gasteiger partial charge < -0.3 is 30.1 Å². The first kappa shape index (κ1) is 27.2. The summed E-state index contributed by atoms with van der Waals surface area (Å²) >= 11 is 0. The van der Waals surface area contributed by atoms with Gasteiger partial charge in [0.25, 0.3) is 5.91 Å². The number of nitrogens with zero attached hydrogens (tertiary/aromatic N) is 5. The van der Waals surface area contributed by atoms with Gasteiger partial charge in [0.15, 0.2) is 17.3 Å². The zero-order chi connectivity index (χ0) is 28.4. The van der Waals surface area contributed by atoms with Crippen molar-refractivity contribution >= 4 is 58.5 Å². The number of likely N-dealkylation sites (tertiary alicyclic amines) is 1. The number of para-hydroxylation sites is 1.